The minimum atomic E-state index is -3.67. The average Bonchev–Trinajstić information content (AvgIpc) is 3.40. The van der Waals surface area contributed by atoms with Gasteiger partial charge in [-0.15, -0.1) is 21.5 Å². The molecule has 1 aromatic carbocycles. The molecule has 200 valence electrons. The first-order chi connectivity index (χ1) is 17.7. The quantitative estimate of drug-likeness (QED) is 0.323. The Morgan fingerprint density at radius 3 is 2.54 bits per heavy atom. The molecule has 2 aliphatic rings. The molecule has 5 rings (SSSR count). The normalized spacial score (nSPS) is 15.8. The Balaban J connectivity index is 0.000000586. The van der Waals surface area contributed by atoms with Gasteiger partial charge in [-0.3, -0.25) is 19.0 Å². The second kappa shape index (κ2) is 12.3. The highest BCUT2D eigenvalue weighted by atomic mass is 79.9. The van der Waals surface area contributed by atoms with Gasteiger partial charge < -0.3 is 9.64 Å². The van der Waals surface area contributed by atoms with Crippen LogP contribution in [0.4, 0.5) is 5.95 Å². The lowest BCUT2D eigenvalue weighted by Gasteiger charge is -2.35. The SMILES string of the molecule is COCCCN1CCN(c2nnc3n2-c2sc(Br)cc2C(c2ccccc2Cl)=NC3)CC1.CS(=O)(=O)O. The Kier molecular flexibility index (Phi) is 9.38. The molecule has 4 heterocycles. The minimum absolute atomic E-state index is 0.462. The summed E-state index contributed by atoms with van der Waals surface area (Å²) in [4.78, 5) is 9.74. The number of piperazine rings is 1. The predicted octanol–water partition coefficient (Wildman–Crippen LogP) is 3.76. The molecule has 0 amide bonds. The van der Waals surface area contributed by atoms with Gasteiger partial charge in [0.05, 0.1) is 15.8 Å². The Hall–Kier alpha value is -1.87. The van der Waals surface area contributed by atoms with E-state index in [9.17, 15) is 8.42 Å². The molecule has 0 aliphatic carbocycles. The summed E-state index contributed by atoms with van der Waals surface area (Å²) in [5.74, 6) is 1.74. The second-order valence-electron chi connectivity index (χ2n) is 8.57. The number of nitrogens with zero attached hydrogens (tertiary/aromatic N) is 6. The number of aliphatic imine (C=N–C) groups is 1. The number of benzene rings is 1. The maximum Gasteiger partial charge on any atom is 0.261 e. The Morgan fingerprint density at radius 1 is 1.16 bits per heavy atom. The highest BCUT2D eigenvalue weighted by Crippen LogP contribution is 2.38. The molecule has 37 heavy (non-hydrogen) atoms. The molecule has 3 aromatic rings. The van der Waals surface area contributed by atoms with Crippen LogP contribution in [0.3, 0.4) is 0 Å². The third-order valence-electron chi connectivity index (χ3n) is 5.84. The summed E-state index contributed by atoms with van der Waals surface area (Å²) in [6.07, 6.45) is 1.78. The van der Waals surface area contributed by atoms with E-state index in [2.05, 4.69) is 46.6 Å². The smallest absolute Gasteiger partial charge is 0.261 e. The zero-order valence-corrected chi connectivity index (χ0v) is 24.4. The molecular weight excluding hydrogens is 604 g/mol. The van der Waals surface area contributed by atoms with Crippen LogP contribution >= 0.6 is 38.9 Å². The summed E-state index contributed by atoms with van der Waals surface area (Å²) in [7, 11) is -1.91. The minimum Gasteiger partial charge on any atom is -0.385 e. The van der Waals surface area contributed by atoms with Crippen molar-refractivity contribution < 1.29 is 17.7 Å². The van der Waals surface area contributed by atoms with E-state index in [1.807, 2.05) is 24.3 Å². The van der Waals surface area contributed by atoms with Gasteiger partial charge in [-0.2, -0.15) is 8.42 Å². The number of hydrogen-bond acceptors (Lipinski definition) is 9. The summed E-state index contributed by atoms with van der Waals surface area (Å²) in [6.45, 7) is 6.20. The Bertz CT molecular complexity index is 1360. The molecule has 1 N–H and O–H groups in total. The maximum atomic E-state index is 9.19. The molecule has 2 aliphatic heterocycles. The van der Waals surface area contributed by atoms with Crippen LogP contribution in [0.15, 0.2) is 39.1 Å². The van der Waals surface area contributed by atoms with Gasteiger partial charge in [-0.05, 0) is 34.5 Å². The van der Waals surface area contributed by atoms with Crippen molar-refractivity contribution in [2.75, 3.05) is 57.6 Å². The average molecular weight is 632 g/mol. The zero-order valence-electron chi connectivity index (χ0n) is 20.5. The van der Waals surface area contributed by atoms with Crippen molar-refractivity contribution in [3.63, 3.8) is 0 Å². The van der Waals surface area contributed by atoms with Gasteiger partial charge in [0, 0.05) is 62.6 Å². The molecule has 0 spiro atoms. The molecular formula is C23H28BrClN6O4S2. The fraction of sp³-hybridized carbons (Fsp3) is 0.435. The van der Waals surface area contributed by atoms with E-state index in [1.165, 1.54) is 0 Å². The zero-order chi connectivity index (χ0) is 26.6. The molecule has 1 saturated heterocycles. The lowest BCUT2D eigenvalue weighted by molar-refractivity contribution is 0.168. The highest BCUT2D eigenvalue weighted by molar-refractivity contribution is 9.11. The molecule has 10 nitrogen and oxygen atoms in total. The highest BCUT2D eigenvalue weighted by Gasteiger charge is 2.29. The van der Waals surface area contributed by atoms with Gasteiger partial charge in [-0.25, -0.2) is 0 Å². The van der Waals surface area contributed by atoms with Gasteiger partial charge in [0.2, 0.25) is 5.95 Å². The Morgan fingerprint density at radius 2 is 1.86 bits per heavy atom. The van der Waals surface area contributed by atoms with Gasteiger partial charge in [0.1, 0.15) is 11.5 Å². The summed E-state index contributed by atoms with van der Waals surface area (Å²) in [6, 6.07) is 9.98. The standard InChI is InChI=1S/C22H24BrClN6OS.CH4O3S/c1-31-12-4-7-28-8-10-29(11-9-28)22-27-26-19-14-25-20(15-5-2-3-6-17(15)24)16-13-18(23)32-21(16)30(19)22;1-5(2,3)4/h2-3,5-6,13H,4,7-12,14H2,1H3;1H3,(H,2,3,4). The van der Waals surface area contributed by atoms with Crippen LogP contribution < -0.4 is 4.90 Å². The van der Waals surface area contributed by atoms with Gasteiger partial charge in [0.25, 0.3) is 10.1 Å². The molecule has 0 atom stereocenters. The van der Waals surface area contributed by atoms with Crippen LogP contribution in [-0.2, 0) is 21.4 Å². The van der Waals surface area contributed by atoms with Crippen molar-refractivity contribution in [3.05, 3.63) is 56.1 Å². The lowest BCUT2D eigenvalue weighted by Crippen LogP contribution is -2.47. The number of aromatic nitrogens is 3. The van der Waals surface area contributed by atoms with Crippen molar-refractivity contribution >= 4 is 60.6 Å². The predicted molar refractivity (Wildman–Crippen MR) is 150 cm³/mol. The van der Waals surface area contributed by atoms with E-state index in [1.54, 1.807) is 18.4 Å². The van der Waals surface area contributed by atoms with Crippen molar-refractivity contribution in [2.45, 2.75) is 13.0 Å². The lowest BCUT2D eigenvalue weighted by atomic mass is 10.0. The molecule has 0 bridgehead atoms. The largest absolute Gasteiger partial charge is 0.385 e. The third-order valence-corrected chi connectivity index (χ3v) is 7.79. The number of ether oxygens (including phenoxy) is 1. The van der Waals surface area contributed by atoms with Crippen LogP contribution in [0.2, 0.25) is 5.02 Å². The fourth-order valence-corrected chi connectivity index (χ4v) is 6.05. The number of thiophene rings is 1. The number of fused-ring (bicyclic) bond motifs is 3. The van der Waals surface area contributed by atoms with Crippen LogP contribution in [0.1, 0.15) is 23.4 Å². The summed E-state index contributed by atoms with van der Waals surface area (Å²) in [5, 5.41) is 10.9. The number of halogens is 2. The molecule has 14 heteroatoms. The Labute approximate surface area is 233 Å². The van der Waals surface area contributed by atoms with E-state index in [0.29, 0.717) is 17.8 Å². The number of rotatable bonds is 6. The van der Waals surface area contributed by atoms with Crippen LogP contribution in [-0.4, -0.2) is 91.0 Å². The maximum absolute atomic E-state index is 9.19. The van der Waals surface area contributed by atoms with Gasteiger partial charge in [0.15, 0.2) is 5.82 Å². The van der Waals surface area contributed by atoms with Gasteiger partial charge >= 0.3 is 0 Å². The first-order valence-corrected chi connectivity index (χ1v) is 15.4. The molecule has 2 aromatic heterocycles. The second-order valence-corrected chi connectivity index (χ2v) is 12.9. The van der Waals surface area contributed by atoms with Gasteiger partial charge in [-0.1, -0.05) is 29.8 Å². The molecule has 1 fully saturated rings. The van der Waals surface area contributed by atoms with Crippen molar-refractivity contribution in [2.24, 2.45) is 4.99 Å². The van der Waals surface area contributed by atoms with Crippen molar-refractivity contribution in [1.29, 1.82) is 0 Å². The summed E-state index contributed by atoms with van der Waals surface area (Å²) in [5.41, 5.74) is 2.88. The van der Waals surface area contributed by atoms with Crippen LogP contribution in [0.25, 0.3) is 5.00 Å². The van der Waals surface area contributed by atoms with Crippen molar-refractivity contribution in [3.8, 4) is 5.00 Å². The van der Waals surface area contributed by atoms with Crippen LogP contribution in [0.5, 0.6) is 0 Å². The number of anilines is 1. The third kappa shape index (κ3) is 7.16. The molecule has 0 unspecified atom stereocenters. The van der Waals surface area contributed by atoms with Crippen molar-refractivity contribution in [1.82, 2.24) is 19.7 Å². The van der Waals surface area contributed by atoms with E-state index in [4.69, 9.17) is 25.9 Å². The molecule has 0 saturated carbocycles. The number of hydrogen-bond donors (Lipinski definition) is 1. The van der Waals surface area contributed by atoms with E-state index < -0.39 is 10.1 Å². The first kappa shape index (κ1) is 28.1. The first-order valence-electron chi connectivity index (χ1n) is 11.6. The van der Waals surface area contributed by atoms with E-state index >= 15 is 0 Å². The van der Waals surface area contributed by atoms with E-state index in [0.717, 1.165) is 83.2 Å². The summed E-state index contributed by atoms with van der Waals surface area (Å²) < 4.78 is 34.3. The fourth-order valence-electron chi connectivity index (χ4n) is 4.23. The summed E-state index contributed by atoms with van der Waals surface area (Å²) >= 11 is 11.9. The topological polar surface area (TPSA) is 113 Å². The van der Waals surface area contributed by atoms with Crippen LogP contribution in [0, 0.1) is 0 Å². The monoisotopic (exact) mass is 630 g/mol. The number of methoxy groups -OCH3 is 1. The van der Waals surface area contributed by atoms with E-state index in [-0.39, 0.29) is 0 Å². The molecule has 0 radical (unpaired) electrons.